The molecule has 0 aromatic heterocycles. The quantitative estimate of drug-likeness (QED) is 0.534. The summed E-state index contributed by atoms with van der Waals surface area (Å²) < 4.78 is 15.8. The number of benzene rings is 2. The molecule has 0 atom stereocenters. The Balaban J connectivity index is 1.93. The summed E-state index contributed by atoms with van der Waals surface area (Å²) in [5.41, 5.74) is 4.45. The van der Waals surface area contributed by atoms with Crippen LogP contribution in [-0.4, -0.2) is 45.9 Å². The molecule has 0 aliphatic heterocycles. The Kier molecular flexibility index (Phi) is 7.38. The molecular formula is C20H23N3O5. The summed E-state index contributed by atoms with van der Waals surface area (Å²) in [6.45, 7) is 1.70. The molecule has 0 radical (unpaired) electrons. The van der Waals surface area contributed by atoms with Gasteiger partial charge in [-0.25, -0.2) is 5.43 Å². The molecule has 0 aliphatic carbocycles. The fourth-order valence-electron chi connectivity index (χ4n) is 2.44. The first kappa shape index (κ1) is 20.8. The van der Waals surface area contributed by atoms with E-state index in [-0.39, 0.29) is 12.5 Å². The molecule has 28 heavy (non-hydrogen) atoms. The minimum Gasteiger partial charge on any atom is -0.493 e. The Labute approximate surface area is 163 Å². The molecule has 2 rings (SSSR count). The molecule has 0 saturated carbocycles. The second-order valence-corrected chi connectivity index (χ2v) is 5.80. The number of hydrogen-bond donors (Lipinski definition) is 2. The maximum Gasteiger partial charge on any atom is 0.259 e. The Bertz CT molecular complexity index is 855. The highest BCUT2D eigenvalue weighted by Crippen LogP contribution is 2.37. The van der Waals surface area contributed by atoms with Gasteiger partial charge in [-0.15, -0.1) is 0 Å². The van der Waals surface area contributed by atoms with Crippen LogP contribution in [-0.2, 0) is 4.79 Å². The first-order chi connectivity index (χ1) is 13.5. The standard InChI is InChI=1S/C20H23N3O5/c1-13-6-5-7-15(8-13)20(25)21-12-18(24)23-22-11-14-9-16(26-2)19(28-4)17(10-14)27-3/h5-11H,12H2,1-4H3,(H,21,25)(H,23,24)/b22-11+. The number of methoxy groups -OCH3 is 3. The van der Waals surface area contributed by atoms with Crippen molar-refractivity contribution >= 4 is 18.0 Å². The number of hydrazone groups is 1. The van der Waals surface area contributed by atoms with Crippen molar-refractivity contribution in [2.45, 2.75) is 6.92 Å². The molecule has 2 N–H and O–H groups in total. The van der Waals surface area contributed by atoms with Crippen LogP contribution in [0, 0.1) is 6.92 Å². The molecule has 0 unspecified atom stereocenters. The number of nitrogens with one attached hydrogen (secondary N) is 2. The fourth-order valence-corrected chi connectivity index (χ4v) is 2.44. The van der Waals surface area contributed by atoms with Gasteiger partial charge in [0.05, 0.1) is 34.1 Å². The van der Waals surface area contributed by atoms with Crippen LogP contribution in [0.3, 0.4) is 0 Å². The Morgan fingerprint density at radius 3 is 2.29 bits per heavy atom. The molecule has 2 amide bonds. The van der Waals surface area contributed by atoms with Crippen LogP contribution in [0.15, 0.2) is 41.5 Å². The van der Waals surface area contributed by atoms with Crippen LogP contribution < -0.4 is 25.0 Å². The molecule has 0 fully saturated rings. The zero-order valence-electron chi connectivity index (χ0n) is 16.2. The SMILES string of the molecule is COc1cc(/C=N/NC(=O)CNC(=O)c2cccc(C)c2)cc(OC)c1OC. The second kappa shape index (κ2) is 9.96. The molecular weight excluding hydrogens is 362 g/mol. The summed E-state index contributed by atoms with van der Waals surface area (Å²) in [7, 11) is 4.53. The highest BCUT2D eigenvalue weighted by molar-refractivity contribution is 5.96. The number of nitrogens with zero attached hydrogens (tertiary/aromatic N) is 1. The van der Waals surface area contributed by atoms with Crippen molar-refractivity contribution < 1.29 is 23.8 Å². The van der Waals surface area contributed by atoms with Crippen LogP contribution >= 0.6 is 0 Å². The molecule has 0 spiro atoms. The van der Waals surface area contributed by atoms with Crippen LogP contribution in [0.25, 0.3) is 0 Å². The molecule has 148 valence electrons. The number of hydrogen-bond acceptors (Lipinski definition) is 6. The Morgan fingerprint density at radius 1 is 1.04 bits per heavy atom. The third kappa shape index (κ3) is 5.47. The minimum absolute atomic E-state index is 0.195. The number of aryl methyl sites for hydroxylation is 1. The lowest BCUT2D eigenvalue weighted by atomic mass is 10.1. The van der Waals surface area contributed by atoms with E-state index in [4.69, 9.17) is 14.2 Å². The van der Waals surface area contributed by atoms with Crippen molar-refractivity contribution in [2.24, 2.45) is 5.10 Å². The topological polar surface area (TPSA) is 98.2 Å². The predicted molar refractivity (Wildman–Crippen MR) is 105 cm³/mol. The van der Waals surface area contributed by atoms with Crippen LogP contribution in [0.2, 0.25) is 0 Å². The maximum absolute atomic E-state index is 12.0. The molecule has 0 heterocycles. The number of carbonyl (C=O) groups excluding carboxylic acids is 2. The zero-order chi connectivity index (χ0) is 20.5. The number of carbonyl (C=O) groups is 2. The van der Waals surface area contributed by atoms with Crippen molar-refractivity contribution in [3.05, 3.63) is 53.1 Å². The van der Waals surface area contributed by atoms with Crippen LogP contribution in [0.5, 0.6) is 17.2 Å². The maximum atomic E-state index is 12.0. The van der Waals surface area contributed by atoms with Gasteiger partial charge in [0.2, 0.25) is 5.75 Å². The zero-order valence-corrected chi connectivity index (χ0v) is 16.2. The molecule has 0 saturated heterocycles. The molecule has 0 aliphatic rings. The van der Waals surface area contributed by atoms with Crippen molar-refractivity contribution in [1.82, 2.24) is 10.7 Å². The van der Waals surface area contributed by atoms with Crippen molar-refractivity contribution in [3.8, 4) is 17.2 Å². The van der Waals surface area contributed by atoms with Crippen molar-refractivity contribution in [1.29, 1.82) is 0 Å². The number of ether oxygens (including phenoxy) is 3. The third-order valence-corrected chi connectivity index (χ3v) is 3.78. The molecule has 2 aromatic carbocycles. The minimum atomic E-state index is -0.454. The summed E-state index contributed by atoms with van der Waals surface area (Å²) in [4.78, 5) is 23.9. The average molecular weight is 385 g/mol. The summed E-state index contributed by atoms with van der Waals surface area (Å²) in [5.74, 6) is 0.627. The summed E-state index contributed by atoms with van der Waals surface area (Å²) in [5, 5.41) is 6.43. The molecule has 2 aromatic rings. The number of rotatable bonds is 8. The third-order valence-electron chi connectivity index (χ3n) is 3.78. The van der Waals surface area contributed by atoms with E-state index in [0.29, 0.717) is 28.4 Å². The van der Waals surface area contributed by atoms with Crippen LogP contribution in [0.1, 0.15) is 21.5 Å². The normalized spacial score (nSPS) is 10.4. The highest BCUT2D eigenvalue weighted by Gasteiger charge is 2.12. The lowest BCUT2D eigenvalue weighted by Gasteiger charge is -2.12. The van der Waals surface area contributed by atoms with Crippen molar-refractivity contribution in [2.75, 3.05) is 27.9 Å². The van der Waals surface area contributed by atoms with Gasteiger partial charge in [-0.2, -0.15) is 5.10 Å². The second-order valence-electron chi connectivity index (χ2n) is 5.80. The van der Waals surface area contributed by atoms with E-state index in [9.17, 15) is 9.59 Å². The summed E-state index contributed by atoms with van der Waals surface area (Å²) in [6.07, 6.45) is 1.44. The lowest BCUT2D eigenvalue weighted by molar-refractivity contribution is -0.120. The Hall–Kier alpha value is -3.55. The monoisotopic (exact) mass is 385 g/mol. The molecule has 8 heteroatoms. The lowest BCUT2D eigenvalue weighted by Crippen LogP contribution is -2.34. The molecule has 8 nitrogen and oxygen atoms in total. The number of amides is 2. The van der Waals surface area contributed by atoms with Gasteiger partial charge in [0.1, 0.15) is 0 Å². The van der Waals surface area contributed by atoms with E-state index in [2.05, 4.69) is 15.8 Å². The van der Waals surface area contributed by atoms with Gasteiger partial charge in [0.15, 0.2) is 11.5 Å². The molecule has 0 bridgehead atoms. The highest BCUT2D eigenvalue weighted by atomic mass is 16.5. The predicted octanol–water partition coefficient (Wildman–Crippen LogP) is 1.90. The van der Waals surface area contributed by atoms with Gasteiger partial charge in [-0.1, -0.05) is 17.7 Å². The van der Waals surface area contributed by atoms with Gasteiger partial charge in [-0.3, -0.25) is 9.59 Å². The van der Waals surface area contributed by atoms with Gasteiger partial charge in [0, 0.05) is 11.1 Å². The summed E-state index contributed by atoms with van der Waals surface area (Å²) in [6, 6.07) is 10.5. The Morgan fingerprint density at radius 2 is 1.71 bits per heavy atom. The van der Waals surface area contributed by atoms with Crippen LogP contribution in [0.4, 0.5) is 0 Å². The van der Waals surface area contributed by atoms with E-state index in [1.165, 1.54) is 27.5 Å². The van der Waals surface area contributed by atoms with Gasteiger partial charge in [0.25, 0.3) is 11.8 Å². The first-order valence-corrected chi connectivity index (χ1v) is 8.45. The average Bonchev–Trinajstić information content (AvgIpc) is 2.71. The largest absolute Gasteiger partial charge is 0.493 e. The van der Waals surface area contributed by atoms with E-state index in [1.807, 2.05) is 13.0 Å². The van der Waals surface area contributed by atoms with E-state index in [0.717, 1.165) is 5.56 Å². The fraction of sp³-hybridized carbons (Fsp3) is 0.250. The summed E-state index contributed by atoms with van der Waals surface area (Å²) >= 11 is 0. The smallest absolute Gasteiger partial charge is 0.259 e. The van der Waals surface area contributed by atoms with E-state index < -0.39 is 5.91 Å². The van der Waals surface area contributed by atoms with E-state index >= 15 is 0 Å². The first-order valence-electron chi connectivity index (χ1n) is 8.45. The van der Waals surface area contributed by atoms with Gasteiger partial charge >= 0.3 is 0 Å². The van der Waals surface area contributed by atoms with Crippen molar-refractivity contribution in [3.63, 3.8) is 0 Å². The van der Waals surface area contributed by atoms with Gasteiger partial charge in [-0.05, 0) is 31.2 Å². The van der Waals surface area contributed by atoms with Gasteiger partial charge < -0.3 is 19.5 Å². The van der Waals surface area contributed by atoms with E-state index in [1.54, 1.807) is 30.3 Å².